The van der Waals surface area contributed by atoms with Crippen molar-refractivity contribution >= 4 is 5.91 Å². The Hall–Kier alpha value is -2.13. The fraction of sp³-hybridized carbons (Fsp3) is 0.467. The van der Waals surface area contributed by atoms with Gasteiger partial charge >= 0.3 is 0 Å². The first-order valence-corrected chi connectivity index (χ1v) is 6.98. The lowest BCUT2D eigenvalue weighted by atomic mass is 10.1. The van der Waals surface area contributed by atoms with Crippen LogP contribution in [0.3, 0.4) is 0 Å². The number of nitrogens with zero attached hydrogens (tertiary/aromatic N) is 3. The topological polar surface area (TPSA) is 67.6 Å². The number of piperazine rings is 1. The van der Waals surface area contributed by atoms with E-state index in [1.165, 1.54) is 12.1 Å². The normalized spacial score (nSPS) is 17.3. The van der Waals surface area contributed by atoms with Gasteiger partial charge in [-0.1, -0.05) is 6.92 Å². The van der Waals surface area contributed by atoms with Gasteiger partial charge in [-0.2, -0.15) is 5.26 Å². The molecule has 1 N–H and O–H groups in total. The summed E-state index contributed by atoms with van der Waals surface area (Å²) >= 11 is 0. The van der Waals surface area contributed by atoms with Gasteiger partial charge in [0.2, 0.25) is 0 Å². The van der Waals surface area contributed by atoms with E-state index in [0.717, 1.165) is 12.5 Å². The van der Waals surface area contributed by atoms with E-state index in [-0.39, 0.29) is 23.3 Å². The molecule has 1 atom stereocenters. The van der Waals surface area contributed by atoms with Gasteiger partial charge in [0.15, 0.2) is 0 Å². The Balaban J connectivity index is 2.02. The fourth-order valence-corrected chi connectivity index (χ4v) is 2.52. The molecule has 1 aromatic rings. The zero-order chi connectivity index (χ0) is 15.4. The van der Waals surface area contributed by atoms with Crippen molar-refractivity contribution in [1.82, 2.24) is 9.80 Å². The summed E-state index contributed by atoms with van der Waals surface area (Å²) < 4.78 is 13.7. The number of aromatic hydroxyl groups is 1. The molecule has 1 aliphatic rings. The number of phenols is 1. The van der Waals surface area contributed by atoms with E-state index in [1.54, 1.807) is 4.90 Å². The molecule has 1 heterocycles. The minimum atomic E-state index is -0.717. The summed E-state index contributed by atoms with van der Waals surface area (Å²) in [5.41, 5.74) is -0.0337. The number of amides is 1. The van der Waals surface area contributed by atoms with E-state index >= 15 is 0 Å². The highest BCUT2D eigenvalue weighted by atomic mass is 19.1. The second-order valence-corrected chi connectivity index (χ2v) is 5.05. The Morgan fingerprint density at radius 3 is 2.62 bits per heavy atom. The van der Waals surface area contributed by atoms with Gasteiger partial charge in [-0.3, -0.25) is 9.69 Å². The molecule has 0 bridgehead atoms. The largest absolute Gasteiger partial charge is 0.508 e. The third-order valence-corrected chi connectivity index (χ3v) is 3.76. The van der Waals surface area contributed by atoms with Crippen LogP contribution in [-0.2, 0) is 0 Å². The molecule has 1 fully saturated rings. The Labute approximate surface area is 123 Å². The predicted molar refractivity (Wildman–Crippen MR) is 75.2 cm³/mol. The molecule has 1 unspecified atom stereocenters. The zero-order valence-corrected chi connectivity index (χ0v) is 11.9. The Morgan fingerprint density at radius 1 is 1.43 bits per heavy atom. The number of nitriles is 1. The number of carbonyl (C=O) groups is 1. The standard InChI is InChI=1S/C15H18FN3O2/c1-2-11(10-17)18-5-7-19(8-6-18)15(21)13-4-3-12(20)9-14(13)16/h3-4,9,11,20H,2,5-8H2,1H3. The first-order chi connectivity index (χ1) is 10.1. The summed E-state index contributed by atoms with van der Waals surface area (Å²) in [6, 6.07) is 5.65. The molecular weight excluding hydrogens is 273 g/mol. The molecule has 5 nitrogen and oxygen atoms in total. The summed E-state index contributed by atoms with van der Waals surface area (Å²) in [5.74, 6) is -1.29. The predicted octanol–water partition coefficient (Wildman–Crippen LogP) is 1.59. The lowest BCUT2D eigenvalue weighted by Gasteiger charge is -2.36. The van der Waals surface area contributed by atoms with Gasteiger partial charge in [0.25, 0.3) is 5.91 Å². The quantitative estimate of drug-likeness (QED) is 0.918. The molecular formula is C15H18FN3O2. The molecule has 112 valence electrons. The maximum absolute atomic E-state index is 13.7. The van der Waals surface area contributed by atoms with Gasteiger partial charge in [0.05, 0.1) is 17.7 Å². The van der Waals surface area contributed by atoms with Crippen LogP contribution in [0.5, 0.6) is 5.75 Å². The highest BCUT2D eigenvalue weighted by Crippen LogP contribution is 2.18. The maximum atomic E-state index is 13.7. The van der Waals surface area contributed by atoms with Gasteiger partial charge < -0.3 is 10.0 Å². The van der Waals surface area contributed by atoms with E-state index in [0.29, 0.717) is 26.2 Å². The number of benzene rings is 1. The summed E-state index contributed by atoms with van der Waals surface area (Å²) in [7, 11) is 0. The summed E-state index contributed by atoms with van der Waals surface area (Å²) in [5, 5.41) is 18.2. The van der Waals surface area contributed by atoms with Crippen LogP contribution in [0, 0.1) is 17.1 Å². The van der Waals surface area contributed by atoms with Crippen LogP contribution in [0.1, 0.15) is 23.7 Å². The number of halogens is 1. The maximum Gasteiger partial charge on any atom is 0.256 e. The Kier molecular flexibility index (Phi) is 4.76. The lowest BCUT2D eigenvalue weighted by Crippen LogP contribution is -2.51. The smallest absolute Gasteiger partial charge is 0.256 e. The first kappa shape index (κ1) is 15.3. The van der Waals surface area contributed by atoms with Gasteiger partial charge in [-0.05, 0) is 18.6 Å². The van der Waals surface area contributed by atoms with Crippen LogP contribution in [0.4, 0.5) is 4.39 Å². The third kappa shape index (κ3) is 3.31. The van der Waals surface area contributed by atoms with Crippen molar-refractivity contribution in [2.24, 2.45) is 0 Å². The minimum absolute atomic E-state index is 0.0337. The van der Waals surface area contributed by atoms with E-state index < -0.39 is 5.82 Å². The average molecular weight is 291 g/mol. The molecule has 21 heavy (non-hydrogen) atoms. The Bertz CT molecular complexity index is 563. The number of hydrogen-bond acceptors (Lipinski definition) is 4. The van der Waals surface area contributed by atoms with Crippen molar-refractivity contribution < 1.29 is 14.3 Å². The summed E-state index contributed by atoms with van der Waals surface area (Å²) in [4.78, 5) is 15.9. The molecule has 0 saturated carbocycles. The van der Waals surface area contributed by atoms with Crippen LogP contribution in [0.25, 0.3) is 0 Å². The van der Waals surface area contributed by atoms with Gasteiger partial charge in [-0.25, -0.2) is 4.39 Å². The van der Waals surface area contributed by atoms with Crippen molar-refractivity contribution in [1.29, 1.82) is 5.26 Å². The van der Waals surface area contributed by atoms with Gasteiger partial charge in [0, 0.05) is 32.2 Å². The van der Waals surface area contributed by atoms with Crippen LogP contribution < -0.4 is 0 Å². The van der Waals surface area contributed by atoms with E-state index in [1.807, 2.05) is 11.8 Å². The molecule has 1 aromatic carbocycles. The summed E-state index contributed by atoms with van der Waals surface area (Å²) in [6.07, 6.45) is 0.747. The Morgan fingerprint density at radius 2 is 2.10 bits per heavy atom. The number of carbonyl (C=O) groups excluding carboxylic acids is 1. The van der Waals surface area contributed by atoms with Crippen LogP contribution in [-0.4, -0.2) is 53.0 Å². The molecule has 2 rings (SSSR count). The number of hydrogen-bond donors (Lipinski definition) is 1. The average Bonchev–Trinajstić information content (AvgIpc) is 2.48. The SMILES string of the molecule is CCC(C#N)N1CCN(C(=O)c2ccc(O)cc2F)CC1. The van der Waals surface area contributed by atoms with Crippen molar-refractivity contribution in [2.45, 2.75) is 19.4 Å². The van der Waals surface area contributed by atoms with Crippen LogP contribution >= 0.6 is 0 Å². The zero-order valence-electron chi connectivity index (χ0n) is 11.9. The molecule has 0 aliphatic carbocycles. The fourth-order valence-electron chi connectivity index (χ4n) is 2.52. The van der Waals surface area contributed by atoms with E-state index in [2.05, 4.69) is 6.07 Å². The minimum Gasteiger partial charge on any atom is -0.508 e. The monoisotopic (exact) mass is 291 g/mol. The van der Waals surface area contributed by atoms with E-state index in [4.69, 9.17) is 5.26 Å². The van der Waals surface area contributed by atoms with Crippen molar-refractivity contribution in [3.05, 3.63) is 29.6 Å². The molecule has 1 saturated heterocycles. The number of rotatable bonds is 3. The second kappa shape index (κ2) is 6.55. The number of phenolic OH excluding ortho intramolecular Hbond substituents is 1. The van der Waals surface area contributed by atoms with Gasteiger partial charge in [0.1, 0.15) is 11.6 Å². The van der Waals surface area contributed by atoms with E-state index in [9.17, 15) is 14.3 Å². The molecule has 0 radical (unpaired) electrons. The molecule has 0 aromatic heterocycles. The van der Waals surface area contributed by atoms with Crippen LogP contribution in [0.2, 0.25) is 0 Å². The highest BCUT2D eigenvalue weighted by Gasteiger charge is 2.27. The first-order valence-electron chi connectivity index (χ1n) is 6.98. The lowest BCUT2D eigenvalue weighted by molar-refractivity contribution is 0.0600. The third-order valence-electron chi connectivity index (χ3n) is 3.76. The summed E-state index contributed by atoms with van der Waals surface area (Å²) in [6.45, 7) is 4.11. The van der Waals surface area contributed by atoms with Crippen LogP contribution in [0.15, 0.2) is 18.2 Å². The van der Waals surface area contributed by atoms with Gasteiger partial charge in [-0.15, -0.1) is 0 Å². The van der Waals surface area contributed by atoms with Crippen molar-refractivity contribution in [3.63, 3.8) is 0 Å². The highest BCUT2D eigenvalue weighted by molar-refractivity contribution is 5.94. The van der Waals surface area contributed by atoms with Crippen molar-refractivity contribution in [3.8, 4) is 11.8 Å². The molecule has 0 spiro atoms. The molecule has 1 aliphatic heterocycles. The second-order valence-electron chi connectivity index (χ2n) is 5.05. The van der Waals surface area contributed by atoms with Crippen molar-refractivity contribution in [2.75, 3.05) is 26.2 Å². The molecule has 1 amide bonds. The molecule has 6 heteroatoms.